The van der Waals surface area contributed by atoms with Crippen LogP contribution in [0.1, 0.15) is 47.0 Å². The summed E-state index contributed by atoms with van der Waals surface area (Å²) in [5.41, 5.74) is 0. The highest BCUT2D eigenvalue weighted by molar-refractivity contribution is 5.94. The summed E-state index contributed by atoms with van der Waals surface area (Å²) in [5, 5.41) is 5.48. The molecule has 3 amide bonds. The van der Waals surface area contributed by atoms with E-state index < -0.39 is 47.7 Å². The molecule has 1 heterocycles. The van der Waals surface area contributed by atoms with Gasteiger partial charge in [-0.15, -0.1) is 6.42 Å². The van der Waals surface area contributed by atoms with Crippen LogP contribution in [-0.4, -0.2) is 127 Å². The Morgan fingerprint density at radius 2 is 1.11 bits per heavy atom. The number of terminal acetylenes is 1. The molecule has 0 bridgehead atoms. The molecule has 14 nitrogen and oxygen atoms in total. The summed E-state index contributed by atoms with van der Waals surface area (Å²) in [7, 11) is 2.48. The maximum Gasteiger partial charge on any atom is 0.328 e. The summed E-state index contributed by atoms with van der Waals surface area (Å²) in [5.74, 6) is -2.63. The van der Waals surface area contributed by atoms with E-state index in [1.807, 2.05) is 27.7 Å². The van der Waals surface area contributed by atoms with E-state index in [4.69, 9.17) is 34.8 Å². The highest BCUT2D eigenvalue weighted by atomic mass is 16.6. The number of likely N-dealkylation sites (tertiary alicyclic amines) is 1. The van der Waals surface area contributed by atoms with Crippen LogP contribution in [0.3, 0.4) is 0 Å². The lowest BCUT2D eigenvalue weighted by Crippen LogP contribution is -2.52. The van der Waals surface area contributed by atoms with Crippen LogP contribution in [0.15, 0.2) is 0 Å². The minimum atomic E-state index is -0.962. The fourth-order valence-corrected chi connectivity index (χ4v) is 4.76. The highest BCUT2D eigenvalue weighted by Crippen LogP contribution is 2.26. The van der Waals surface area contributed by atoms with E-state index in [0.717, 1.165) is 0 Å². The predicted molar refractivity (Wildman–Crippen MR) is 167 cm³/mol. The maximum atomic E-state index is 13.5. The fraction of sp³-hybridized carbons (Fsp3) is 0.781. The van der Waals surface area contributed by atoms with E-state index in [2.05, 4.69) is 16.6 Å². The molecule has 0 saturated carbocycles. The maximum absolute atomic E-state index is 13.5. The van der Waals surface area contributed by atoms with Gasteiger partial charge in [0.15, 0.2) is 0 Å². The first-order valence-corrected chi connectivity index (χ1v) is 15.8. The number of esters is 2. The van der Waals surface area contributed by atoms with Crippen molar-refractivity contribution in [3.63, 3.8) is 0 Å². The van der Waals surface area contributed by atoms with Gasteiger partial charge in [0.1, 0.15) is 18.7 Å². The van der Waals surface area contributed by atoms with Crippen molar-refractivity contribution in [3.05, 3.63) is 0 Å². The van der Waals surface area contributed by atoms with Gasteiger partial charge in [-0.3, -0.25) is 14.4 Å². The van der Waals surface area contributed by atoms with Crippen LogP contribution in [-0.2, 0) is 52.4 Å². The molecular weight excluding hydrogens is 602 g/mol. The number of hydrogen-bond acceptors (Lipinski definition) is 11. The molecule has 0 aliphatic carbocycles. The Labute approximate surface area is 272 Å². The zero-order chi connectivity index (χ0) is 34.5. The van der Waals surface area contributed by atoms with Gasteiger partial charge >= 0.3 is 11.9 Å². The lowest BCUT2D eigenvalue weighted by molar-refractivity contribution is -0.148. The van der Waals surface area contributed by atoms with Gasteiger partial charge in [-0.25, -0.2) is 9.59 Å². The minimum Gasteiger partial charge on any atom is -0.467 e. The molecule has 1 aliphatic heterocycles. The monoisotopic (exact) mass is 655 g/mol. The third kappa shape index (κ3) is 14.0. The number of hydrogen-bond donors (Lipinski definition) is 2. The molecule has 6 atom stereocenters. The molecule has 0 unspecified atom stereocenters. The van der Waals surface area contributed by atoms with Crippen molar-refractivity contribution in [2.45, 2.75) is 59.0 Å². The van der Waals surface area contributed by atoms with Gasteiger partial charge in [-0.2, -0.15) is 0 Å². The van der Waals surface area contributed by atoms with E-state index in [9.17, 15) is 24.0 Å². The van der Waals surface area contributed by atoms with Crippen molar-refractivity contribution in [1.29, 1.82) is 0 Å². The van der Waals surface area contributed by atoms with Gasteiger partial charge in [0.25, 0.3) is 0 Å². The quantitative estimate of drug-likeness (QED) is 0.0897. The Hall–Kier alpha value is -3.25. The standard InChI is InChI=1S/C32H53N3O11/c1-8-12-43-14-16-45-18-19-46-17-15-44-13-11-26(36)35-20-24(29(37)33-27(22(4)9-2)31(39)41-6)25(21-35)30(38)34-28(23(5)10-3)32(40)42-7/h1,22-25,27-28H,9-21H2,2-7H3,(H,33,37)(H,34,38)/t22-,23-,24-,25-,27+,28+/m1/s1. The average Bonchev–Trinajstić information content (AvgIpc) is 3.52. The lowest BCUT2D eigenvalue weighted by atomic mass is 9.91. The molecule has 1 rings (SSSR count). The molecule has 1 saturated heterocycles. The van der Waals surface area contributed by atoms with Crippen LogP contribution in [0.4, 0.5) is 0 Å². The molecule has 2 N–H and O–H groups in total. The van der Waals surface area contributed by atoms with Gasteiger partial charge in [0, 0.05) is 13.1 Å². The predicted octanol–water partition coefficient (Wildman–Crippen LogP) is 0.559. The average molecular weight is 656 g/mol. The largest absolute Gasteiger partial charge is 0.467 e. The number of ether oxygens (including phenoxy) is 6. The van der Waals surface area contributed by atoms with Crippen molar-refractivity contribution in [3.8, 4) is 12.3 Å². The number of carbonyl (C=O) groups is 5. The SMILES string of the molecule is C#CCOCCOCCOCCOCCC(=O)N1C[C@@H](C(=O)N[C@H](C(=O)OC)[C@H](C)CC)[C@H](C(=O)N[C@H](C(=O)OC)[C@H](C)CC)C1. The number of nitrogens with zero attached hydrogens (tertiary/aromatic N) is 1. The molecular formula is C32H53N3O11. The van der Waals surface area contributed by atoms with Crippen LogP contribution >= 0.6 is 0 Å². The Morgan fingerprint density at radius 1 is 0.717 bits per heavy atom. The van der Waals surface area contributed by atoms with Crippen molar-refractivity contribution in [2.24, 2.45) is 23.7 Å². The first-order valence-electron chi connectivity index (χ1n) is 15.8. The molecule has 1 aliphatic rings. The van der Waals surface area contributed by atoms with Crippen molar-refractivity contribution in [1.82, 2.24) is 15.5 Å². The molecule has 262 valence electrons. The topological polar surface area (TPSA) is 168 Å². The Kier molecular flexibility index (Phi) is 20.5. The van der Waals surface area contributed by atoms with Crippen molar-refractivity contribution >= 4 is 29.7 Å². The summed E-state index contributed by atoms with van der Waals surface area (Å²) in [6, 6.07) is -1.84. The second-order valence-electron chi connectivity index (χ2n) is 11.1. The van der Waals surface area contributed by atoms with E-state index >= 15 is 0 Å². The summed E-state index contributed by atoms with van der Waals surface area (Å²) in [4.78, 5) is 66.5. The molecule has 1 fully saturated rings. The third-order valence-electron chi connectivity index (χ3n) is 8.04. The normalized spacial score (nSPS) is 18.5. The van der Waals surface area contributed by atoms with Gasteiger partial charge < -0.3 is 44.0 Å². The third-order valence-corrected chi connectivity index (χ3v) is 8.04. The first-order chi connectivity index (χ1) is 22.1. The van der Waals surface area contributed by atoms with E-state index in [1.165, 1.54) is 19.1 Å². The van der Waals surface area contributed by atoms with Crippen LogP contribution in [0.2, 0.25) is 0 Å². The van der Waals surface area contributed by atoms with Crippen LogP contribution in [0.5, 0.6) is 0 Å². The number of amides is 3. The summed E-state index contributed by atoms with van der Waals surface area (Å²) in [6.45, 7) is 9.83. The zero-order valence-corrected chi connectivity index (χ0v) is 28.2. The first kappa shape index (κ1) is 40.8. The summed E-state index contributed by atoms with van der Waals surface area (Å²) >= 11 is 0. The van der Waals surface area contributed by atoms with Crippen LogP contribution in [0, 0.1) is 36.0 Å². The van der Waals surface area contributed by atoms with E-state index in [1.54, 1.807) is 0 Å². The number of rotatable bonds is 23. The zero-order valence-electron chi connectivity index (χ0n) is 28.2. The van der Waals surface area contributed by atoms with Gasteiger partial charge in [0.05, 0.1) is 78.7 Å². The molecule has 0 aromatic heterocycles. The van der Waals surface area contributed by atoms with Gasteiger partial charge in [-0.05, 0) is 11.8 Å². The van der Waals surface area contributed by atoms with Crippen LogP contribution < -0.4 is 10.6 Å². The van der Waals surface area contributed by atoms with Gasteiger partial charge in [-0.1, -0.05) is 46.5 Å². The molecule has 0 aromatic carbocycles. The molecule has 0 spiro atoms. The Balaban J connectivity index is 2.79. The highest BCUT2D eigenvalue weighted by Gasteiger charge is 2.45. The lowest BCUT2D eigenvalue weighted by Gasteiger charge is -2.26. The Bertz CT molecular complexity index is 950. The smallest absolute Gasteiger partial charge is 0.328 e. The fourth-order valence-electron chi connectivity index (χ4n) is 4.76. The minimum absolute atomic E-state index is 0.0265. The molecule has 14 heteroatoms. The molecule has 0 aromatic rings. The second-order valence-corrected chi connectivity index (χ2v) is 11.1. The molecule has 0 radical (unpaired) electrons. The van der Waals surface area contributed by atoms with E-state index in [-0.39, 0.29) is 57.1 Å². The summed E-state index contributed by atoms with van der Waals surface area (Å²) in [6.07, 6.45) is 6.31. The van der Waals surface area contributed by atoms with Crippen molar-refractivity contribution < 1.29 is 52.4 Å². The number of methoxy groups -OCH3 is 2. The van der Waals surface area contributed by atoms with Crippen LogP contribution in [0.25, 0.3) is 0 Å². The van der Waals surface area contributed by atoms with Gasteiger partial charge in [0.2, 0.25) is 17.7 Å². The molecule has 46 heavy (non-hydrogen) atoms. The Morgan fingerprint density at radius 3 is 1.48 bits per heavy atom. The van der Waals surface area contributed by atoms with E-state index in [0.29, 0.717) is 45.9 Å². The summed E-state index contributed by atoms with van der Waals surface area (Å²) < 4.78 is 31.2. The number of carbonyl (C=O) groups excluding carboxylic acids is 5. The number of nitrogens with one attached hydrogen (secondary N) is 2. The second kappa shape index (κ2) is 23.1. The van der Waals surface area contributed by atoms with Crippen molar-refractivity contribution in [2.75, 3.05) is 80.2 Å².